The molecule has 0 radical (unpaired) electrons. The summed E-state index contributed by atoms with van der Waals surface area (Å²) >= 11 is 15.1. The van der Waals surface area contributed by atoms with Crippen molar-refractivity contribution in [1.29, 1.82) is 0 Å². The molecule has 3 rings (SSSR count). The molecule has 0 unspecified atom stereocenters. The molecule has 0 saturated heterocycles. The topological polar surface area (TPSA) is 38.9 Å². The Labute approximate surface area is 140 Å². The molecule has 1 aromatic carbocycles. The molecule has 0 amide bonds. The predicted octanol–water partition coefficient (Wildman–Crippen LogP) is 5.32. The second kappa shape index (κ2) is 6.83. The normalized spacial score (nSPS) is 11.0. The summed E-state index contributed by atoms with van der Waals surface area (Å²) in [6.07, 6.45) is 0.674. The summed E-state index contributed by atoms with van der Waals surface area (Å²) in [5.74, 6) is 1.29. The summed E-state index contributed by atoms with van der Waals surface area (Å²) in [6.45, 7) is 0. The molecule has 3 nitrogen and oxygen atoms in total. The Bertz CT molecular complexity index is 728. The smallest absolute Gasteiger partial charge is 0.276 e. The number of thiophene rings is 1. The van der Waals surface area contributed by atoms with Crippen molar-refractivity contribution in [2.75, 3.05) is 0 Å². The lowest BCUT2D eigenvalue weighted by molar-refractivity contribution is 0.421. The van der Waals surface area contributed by atoms with Crippen molar-refractivity contribution in [3.8, 4) is 0 Å². The molecule has 7 heteroatoms. The van der Waals surface area contributed by atoms with Gasteiger partial charge >= 0.3 is 0 Å². The van der Waals surface area contributed by atoms with E-state index in [0.29, 0.717) is 33.3 Å². The van der Waals surface area contributed by atoms with Gasteiger partial charge in [-0.05, 0) is 29.1 Å². The highest BCUT2D eigenvalue weighted by molar-refractivity contribution is 7.98. The molecule has 0 bridgehead atoms. The second-order valence-electron chi connectivity index (χ2n) is 4.24. The summed E-state index contributed by atoms with van der Waals surface area (Å²) in [7, 11) is 0. The average Bonchev–Trinajstić information content (AvgIpc) is 3.10. The summed E-state index contributed by atoms with van der Waals surface area (Å²) in [6, 6.07) is 9.51. The van der Waals surface area contributed by atoms with Crippen LogP contribution in [0.3, 0.4) is 0 Å². The highest BCUT2D eigenvalue weighted by Gasteiger charge is 2.09. The van der Waals surface area contributed by atoms with Crippen LogP contribution in [0.2, 0.25) is 10.0 Å². The van der Waals surface area contributed by atoms with E-state index in [4.69, 9.17) is 27.6 Å². The third-order valence-electron chi connectivity index (χ3n) is 2.72. The zero-order chi connectivity index (χ0) is 14.7. The van der Waals surface area contributed by atoms with Gasteiger partial charge in [-0.3, -0.25) is 0 Å². The van der Waals surface area contributed by atoms with E-state index in [2.05, 4.69) is 16.3 Å². The lowest BCUT2D eigenvalue weighted by Gasteiger charge is -2.02. The minimum Gasteiger partial charge on any atom is -0.416 e. The van der Waals surface area contributed by atoms with Crippen molar-refractivity contribution in [2.45, 2.75) is 17.4 Å². The number of benzene rings is 1. The van der Waals surface area contributed by atoms with Gasteiger partial charge in [0.15, 0.2) is 0 Å². The zero-order valence-electron chi connectivity index (χ0n) is 10.8. The second-order valence-corrected chi connectivity index (χ2v) is 7.04. The number of aromatic nitrogens is 2. The summed E-state index contributed by atoms with van der Waals surface area (Å²) in [5, 5.41) is 12.0. The Kier molecular flexibility index (Phi) is 4.85. The Morgan fingerprint density at radius 2 is 2.10 bits per heavy atom. The first-order chi connectivity index (χ1) is 10.2. The Balaban J connectivity index is 1.62. The van der Waals surface area contributed by atoms with Crippen molar-refractivity contribution in [2.24, 2.45) is 0 Å². The van der Waals surface area contributed by atoms with Gasteiger partial charge in [0, 0.05) is 20.7 Å². The number of hydrogen-bond donors (Lipinski definition) is 0. The van der Waals surface area contributed by atoms with Crippen LogP contribution in [0.5, 0.6) is 0 Å². The van der Waals surface area contributed by atoms with Crippen molar-refractivity contribution in [1.82, 2.24) is 10.2 Å². The van der Waals surface area contributed by atoms with Gasteiger partial charge in [0.25, 0.3) is 5.22 Å². The van der Waals surface area contributed by atoms with Crippen LogP contribution in [0, 0.1) is 0 Å². The number of thioether (sulfide) groups is 1. The molecule has 0 N–H and O–H groups in total. The van der Waals surface area contributed by atoms with E-state index in [0.717, 1.165) is 5.56 Å². The van der Waals surface area contributed by atoms with Crippen LogP contribution in [0.15, 0.2) is 45.4 Å². The van der Waals surface area contributed by atoms with Crippen LogP contribution in [-0.4, -0.2) is 10.2 Å². The largest absolute Gasteiger partial charge is 0.416 e. The molecule has 21 heavy (non-hydrogen) atoms. The van der Waals surface area contributed by atoms with Crippen LogP contribution in [0.25, 0.3) is 0 Å². The van der Waals surface area contributed by atoms with E-state index in [-0.39, 0.29) is 0 Å². The van der Waals surface area contributed by atoms with Gasteiger partial charge in [0.1, 0.15) is 0 Å². The Morgan fingerprint density at radius 3 is 2.86 bits per heavy atom. The molecule has 2 heterocycles. The summed E-state index contributed by atoms with van der Waals surface area (Å²) in [5.41, 5.74) is 0.990. The fourth-order valence-electron chi connectivity index (χ4n) is 1.71. The van der Waals surface area contributed by atoms with E-state index >= 15 is 0 Å². The van der Waals surface area contributed by atoms with Gasteiger partial charge in [-0.2, -0.15) is 0 Å². The standard InChI is InChI=1S/C14H10Cl2N2OS2/c15-10-4-3-9(12(16)6-10)8-21-14-18-17-13(19-14)7-11-2-1-5-20-11/h1-6H,7-8H2. The van der Waals surface area contributed by atoms with Crippen molar-refractivity contribution < 1.29 is 4.42 Å². The average molecular weight is 357 g/mol. The van der Waals surface area contributed by atoms with Crippen molar-refractivity contribution in [3.05, 3.63) is 62.1 Å². The molecule has 0 aliphatic rings. The lowest BCUT2D eigenvalue weighted by Crippen LogP contribution is -1.83. The van der Waals surface area contributed by atoms with Gasteiger partial charge < -0.3 is 4.42 Å². The van der Waals surface area contributed by atoms with E-state index < -0.39 is 0 Å². The van der Waals surface area contributed by atoms with E-state index in [1.165, 1.54) is 16.6 Å². The van der Waals surface area contributed by atoms with Crippen molar-refractivity contribution >= 4 is 46.3 Å². The van der Waals surface area contributed by atoms with E-state index in [1.54, 1.807) is 17.4 Å². The maximum atomic E-state index is 6.13. The summed E-state index contributed by atoms with van der Waals surface area (Å²) in [4.78, 5) is 1.20. The predicted molar refractivity (Wildman–Crippen MR) is 87.4 cm³/mol. The molecule has 0 aliphatic carbocycles. The van der Waals surface area contributed by atoms with Gasteiger partial charge in [0.2, 0.25) is 5.89 Å². The van der Waals surface area contributed by atoms with Crippen LogP contribution < -0.4 is 0 Å². The highest BCUT2D eigenvalue weighted by Crippen LogP contribution is 2.28. The molecule has 3 aromatic rings. The molecular weight excluding hydrogens is 347 g/mol. The summed E-state index contributed by atoms with van der Waals surface area (Å²) < 4.78 is 5.62. The number of nitrogens with zero attached hydrogens (tertiary/aromatic N) is 2. The molecule has 0 saturated carbocycles. The quantitative estimate of drug-likeness (QED) is 0.579. The number of halogens is 2. The number of rotatable bonds is 5. The van der Waals surface area contributed by atoms with E-state index in [1.807, 2.05) is 23.6 Å². The molecule has 0 spiro atoms. The van der Waals surface area contributed by atoms with Gasteiger partial charge in [-0.15, -0.1) is 21.5 Å². The van der Waals surface area contributed by atoms with Crippen molar-refractivity contribution in [3.63, 3.8) is 0 Å². The van der Waals surface area contributed by atoms with Crippen LogP contribution >= 0.6 is 46.3 Å². The molecule has 0 aliphatic heterocycles. The minimum atomic E-state index is 0.549. The molecule has 2 aromatic heterocycles. The van der Waals surface area contributed by atoms with E-state index in [9.17, 15) is 0 Å². The highest BCUT2D eigenvalue weighted by atomic mass is 35.5. The maximum Gasteiger partial charge on any atom is 0.276 e. The third kappa shape index (κ3) is 4.01. The molecule has 0 fully saturated rings. The lowest BCUT2D eigenvalue weighted by atomic mass is 10.2. The Hall–Kier alpha value is -1.01. The molecular formula is C14H10Cl2N2OS2. The van der Waals surface area contributed by atoms with Gasteiger partial charge in [0.05, 0.1) is 6.42 Å². The van der Waals surface area contributed by atoms with Crippen LogP contribution in [0.4, 0.5) is 0 Å². The van der Waals surface area contributed by atoms with Gasteiger partial charge in [-0.25, -0.2) is 0 Å². The molecule has 108 valence electrons. The third-order valence-corrected chi connectivity index (χ3v) is 5.05. The zero-order valence-corrected chi connectivity index (χ0v) is 13.9. The first-order valence-corrected chi connectivity index (χ1v) is 8.74. The SMILES string of the molecule is Clc1ccc(CSc2nnc(Cc3cccs3)o2)c(Cl)c1. The first-order valence-electron chi connectivity index (χ1n) is 6.12. The fraction of sp³-hybridized carbons (Fsp3) is 0.143. The number of hydrogen-bond acceptors (Lipinski definition) is 5. The maximum absolute atomic E-state index is 6.13. The van der Waals surface area contributed by atoms with Crippen LogP contribution in [-0.2, 0) is 12.2 Å². The van der Waals surface area contributed by atoms with Crippen LogP contribution in [0.1, 0.15) is 16.3 Å². The molecule has 0 atom stereocenters. The monoisotopic (exact) mass is 356 g/mol. The first kappa shape index (κ1) is 14.9. The Morgan fingerprint density at radius 1 is 1.19 bits per heavy atom. The minimum absolute atomic E-state index is 0.549. The van der Waals surface area contributed by atoms with Gasteiger partial charge in [-0.1, -0.05) is 47.1 Å². The fourth-order valence-corrected chi connectivity index (χ4v) is 3.74.